The van der Waals surface area contributed by atoms with Gasteiger partial charge in [-0.3, -0.25) is 14.5 Å². The molecule has 2 aliphatic rings. The van der Waals surface area contributed by atoms with Crippen LogP contribution in [0.3, 0.4) is 0 Å². The number of fused-ring (bicyclic) bond motifs is 1. The number of carbonyl (C=O) groups excluding carboxylic acids is 1. The van der Waals surface area contributed by atoms with Crippen molar-refractivity contribution in [2.75, 3.05) is 18.5 Å². The summed E-state index contributed by atoms with van der Waals surface area (Å²) in [5.41, 5.74) is 2.12. The van der Waals surface area contributed by atoms with Crippen LogP contribution < -0.4 is 14.8 Å². The largest absolute Gasteiger partial charge is 0.486 e. The molecule has 0 saturated heterocycles. The van der Waals surface area contributed by atoms with Crippen molar-refractivity contribution in [1.82, 2.24) is 14.8 Å². The summed E-state index contributed by atoms with van der Waals surface area (Å²) in [4.78, 5) is 16.3. The van der Waals surface area contributed by atoms with Gasteiger partial charge in [0.1, 0.15) is 19.0 Å². The fourth-order valence-corrected chi connectivity index (χ4v) is 3.36. The predicted molar refractivity (Wildman–Crippen MR) is 109 cm³/mol. The Bertz CT molecular complexity index is 1140. The van der Waals surface area contributed by atoms with Crippen LogP contribution in [-0.2, 0) is 4.79 Å². The Morgan fingerprint density at radius 3 is 2.83 bits per heavy atom. The summed E-state index contributed by atoms with van der Waals surface area (Å²) in [5.74, 6) is 0.430. The van der Waals surface area contributed by atoms with E-state index in [-0.39, 0.29) is 5.91 Å². The minimum atomic E-state index is -0.459. The van der Waals surface area contributed by atoms with Crippen molar-refractivity contribution in [1.29, 1.82) is 0 Å². The maximum Gasteiger partial charge on any atom is 0.248 e. The zero-order valence-electron chi connectivity index (χ0n) is 16.0. The molecule has 0 spiro atoms. The maximum absolute atomic E-state index is 14.5. The molecule has 0 bridgehead atoms. The number of ether oxygens (including phenoxy) is 2. The van der Waals surface area contributed by atoms with E-state index < -0.39 is 5.82 Å². The predicted octanol–water partition coefficient (Wildman–Crippen LogP) is 3.84. The van der Waals surface area contributed by atoms with Gasteiger partial charge in [-0.2, -0.15) is 5.10 Å². The molecule has 3 heterocycles. The third-order valence-corrected chi connectivity index (χ3v) is 4.96. The van der Waals surface area contributed by atoms with Gasteiger partial charge in [-0.05, 0) is 31.1 Å². The highest BCUT2D eigenvalue weighted by atomic mass is 19.1. The van der Waals surface area contributed by atoms with E-state index in [1.54, 1.807) is 30.5 Å². The van der Waals surface area contributed by atoms with Crippen LogP contribution in [0.15, 0.2) is 49.1 Å². The summed E-state index contributed by atoms with van der Waals surface area (Å²) >= 11 is 0. The molecule has 0 unspecified atom stereocenters. The molecule has 5 rings (SSSR count). The minimum Gasteiger partial charge on any atom is -0.486 e. The molecular formula is C22H19FN4O3. The standard InChI is InChI=1S/C22H19FN4O3/c23-18-12-24-10-14(22(18)15-11-25-27(13-15)17-3-4-17)1-6-21(28)26-16-2-5-19-20(9-16)30-8-7-29-19/h1-2,5-6,9-13,17H,3-4,7-8H2,(H,26,28)/b6-1+. The lowest BCUT2D eigenvalue weighted by molar-refractivity contribution is -0.111. The molecule has 1 aliphatic heterocycles. The lowest BCUT2D eigenvalue weighted by atomic mass is 10.0. The molecule has 2 aromatic heterocycles. The third kappa shape index (κ3) is 3.76. The molecule has 30 heavy (non-hydrogen) atoms. The van der Waals surface area contributed by atoms with Gasteiger partial charge in [0, 0.05) is 46.9 Å². The van der Waals surface area contributed by atoms with E-state index in [0.717, 1.165) is 19.0 Å². The van der Waals surface area contributed by atoms with Gasteiger partial charge < -0.3 is 14.8 Å². The molecule has 0 radical (unpaired) electrons. The van der Waals surface area contributed by atoms with Crippen molar-refractivity contribution < 1.29 is 18.7 Å². The summed E-state index contributed by atoms with van der Waals surface area (Å²) < 4.78 is 27.4. The SMILES string of the molecule is O=C(/C=C/c1cncc(F)c1-c1cnn(C2CC2)c1)Nc1ccc2c(c1)OCCO2. The zero-order valence-corrected chi connectivity index (χ0v) is 16.0. The molecule has 1 saturated carbocycles. The molecule has 1 fully saturated rings. The van der Waals surface area contributed by atoms with E-state index in [0.29, 0.717) is 53.1 Å². The first-order valence-corrected chi connectivity index (χ1v) is 9.74. The topological polar surface area (TPSA) is 78.3 Å². The Labute approximate surface area is 172 Å². The number of benzene rings is 1. The van der Waals surface area contributed by atoms with Gasteiger partial charge >= 0.3 is 0 Å². The normalized spacial score (nSPS) is 15.4. The summed E-state index contributed by atoms with van der Waals surface area (Å²) in [6.07, 6.45) is 11.2. The monoisotopic (exact) mass is 406 g/mol. The summed E-state index contributed by atoms with van der Waals surface area (Å²) in [5, 5.41) is 7.10. The molecule has 0 atom stereocenters. The number of hydrogen-bond acceptors (Lipinski definition) is 5. The minimum absolute atomic E-state index is 0.351. The molecular weight excluding hydrogens is 387 g/mol. The molecule has 1 amide bonds. The average molecular weight is 406 g/mol. The van der Waals surface area contributed by atoms with Crippen molar-refractivity contribution in [3.63, 3.8) is 0 Å². The van der Waals surface area contributed by atoms with Crippen molar-refractivity contribution in [2.24, 2.45) is 0 Å². The second kappa shape index (κ2) is 7.62. The second-order valence-electron chi connectivity index (χ2n) is 7.21. The quantitative estimate of drug-likeness (QED) is 0.652. The highest BCUT2D eigenvalue weighted by Gasteiger charge is 2.25. The number of carbonyl (C=O) groups is 1. The van der Waals surface area contributed by atoms with Crippen molar-refractivity contribution in [3.05, 3.63) is 60.4 Å². The average Bonchev–Trinajstić information content (AvgIpc) is 3.50. The van der Waals surface area contributed by atoms with Gasteiger partial charge in [-0.15, -0.1) is 0 Å². The van der Waals surface area contributed by atoms with Crippen LogP contribution in [0.25, 0.3) is 17.2 Å². The maximum atomic E-state index is 14.5. The molecule has 8 heteroatoms. The number of nitrogens with zero attached hydrogens (tertiary/aromatic N) is 3. The smallest absolute Gasteiger partial charge is 0.248 e. The first-order valence-electron chi connectivity index (χ1n) is 9.74. The number of amides is 1. The van der Waals surface area contributed by atoms with Crippen LogP contribution in [0.2, 0.25) is 0 Å². The number of nitrogens with one attached hydrogen (secondary N) is 1. The van der Waals surface area contributed by atoms with E-state index in [1.165, 1.54) is 12.3 Å². The summed E-state index contributed by atoms with van der Waals surface area (Å²) in [6.45, 7) is 0.974. The van der Waals surface area contributed by atoms with E-state index in [2.05, 4.69) is 15.4 Å². The lowest BCUT2D eigenvalue weighted by Crippen LogP contribution is -2.16. The van der Waals surface area contributed by atoms with Crippen LogP contribution in [0, 0.1) is 5.82 Å². The third-order valence-electron chi connectivity index (χ3n) is 4.96. The summed E-state index contributed by atoms with van der Waals surface area (Å²) in [6, 6.07) is 5.60. The lowest BCUT2D eigenvalue weighted by Gasteiger charge is -2.18. The Kier molecular flexibility index (Phi) is 4.66. The van der Waals surface area contributed by atoms with Crippen molar-refractivity contribution >= 4 is 17.7 Å². The summed E-state index contributed by atoms with van der Waals surface area (Å²) in [7, 11) is 0. The van der Waals surface area contributed by atoms with E-state index in [1.807, 2.05) is 10.9 Å². The van der Waals surface area contributed by atoms with Crippen molar-refractivity contribution in [2.45, 2.75) is 18.9 Å². The Morgan fingerprint density at radius 1 is 1.17 bits per heavy atom. The van der Waals surface area contributed by atoms with E-state index in [9.17, 15) is 9.18 Å². The molecule has 1 aromatic carbocycles. The number of rotatable bonds is 5. The number of anilines is 1. The highest BCUT2D eigenvalue weighted by molar-refractivity contribution is 6.02. The molecule has 1 aliphatic carbocycles. The van der Waals surface area contributed by atoms with Gasteiger partial charge in [0.15, 0.2) is 11.5 Å². The van der Waals surface area contributed by atoms with Gasteiger partial charge in [-0.25, -0.2) is 4.39 Å². The molecule has 152 valence electrons. The number of aromatic nitrogens is 3. The van der Waals surface area contributed by atoms with Crippen LogP contribution in [0.1, 0.15) is 24.4 Å². The van der Waals surface area contributed by atoms with E-state index >= 15 is 0 Å². The Balaban J connectivity index is 1.35. The van der Waals surface area contributed by atoms with Crippen LogP contribution in [-0.4, -0.2) is 33.9 Å². The van der Waals surface area contributed by atoms with Gasteiger partial charge in [0.05, 0.1) is 18.4 Å². The Morgan fingerprint density at radius 2 is 2.00 bits per heavy atom. The number of halogens is 1. The molecule has 1 N–H and O–H groups in total. The second-order valence-corrected chi connectivity index (χ2v) is 7.21. The molecule has 7 nitrogen and oxygen atoms in total. The number of hydrogen-bond donors (Lipinski definition) is 1. The zero-order chi connectivity index (χ0) is 20.5. The van der Waals surface area contributed by atoms with Crippen LogP contribution in [0.4, 0.5) is 10.1 Å². The highest BCUT2D eigenvalue weighted by Crippen LogP contribution is 2.36. The molecule has 3 aromatic rings. The van der Waals surface area contributed by atoms with Gasteiger partial charge in [0.2, 0.25) is 5.91 Å². The van der Waals surface area contributed by atoms with Gasteiger partial charge in [0.25, 0.3) is 0 Å². The van der Waals surface area contributed by atoms with Crippen molar-refractivity contribution in [3.8, 4) is 22.6 Å². The van der Waals surface area contributed by atoms with Gasteiger partial charge in [-0.1, -0.05) is 0 Å². The fourth-order valence-electron chi connectivity index (χ4n) is 3.36. The van der Waals surface area contributed by atoms with E-state index in [4.69, 9.17) is 9.47 Å². The van der Waals surface area contributed by atoms with Crippen LogP contribution >= 0.6 is 0 Å². The number of pyridine rings is 1. The van der Waals surface area contributed by atoms with Crippen LogP contribution in [0.5, 0.6) is 11.5 Å². The fraction of sp³-hybridized carbons (Fsp3) is 0.227. The Hall–Kier alpha value is -3.68. The first-order chi connectivity index (χ1) is 14.7. The first kappa shape index (κ1) is 18.4.